The van der Waals surface area contributed by atoms with E-state index in [1.807, 2.05) is 6.07 Å². The van der Waals surface area contributed by atoms with Crippen molar-refractivity contribution in [3.05, 3.63) is 61.5 Å². The largest absolute Gasteiger partial charge is 0.378 e. The first kappa shape index (κ1) is 14.8. The number of halogens is 5. The fraction of sp³-hybridized carbons (Fsp3) is 0.0769. The lowest BCUT2D eigenvalue weighted by molar-refractivity contribution is 0.583. The highest BCUT2D eigenvalue weighted by molar-refractivity contribution is 9.10. The third-order valence-corrected chi connectivity index (χ3v) is 4.10. The van der Waals surface area contributed by atoms with Gasteiger partial charge < -0.3 is 5.32 Å². The van der Waals surface area contributed by atoms with E-state index in [1.54, 1.807) is 12.1 Å². The summed E-state index contributed by atoms with van der Waals surface area (Å²) in [6, 6.07) is 7.38. The quantitative estimate of drug-likeness (QED) is 0.678. The van der Waals surface area contributed by atoms with Gasteiger partial charge in [-0.15, -0.1) is 0 Å². The van der Waals surface area contributed by atoms with Crippen LogP contribution >= 0.6 is 43.5 Å². The van der Waals surface area contributed by atoms with Crippen LogP contribution in [-0.2, 0) is 6.54 Å². The van der Waals surface area contributed by atoms with Crippen molar-refractivity contribution in [3.63, 3.8) is 0 Å². The third-order valence-electron chi connectivity index (χ3n) is 2.47. The Labute approximate surface area is 131 Å². The van der Waals surface area contributed by atoms with Gasteiger partial charge in [0.25, 0.3) is 0 Å². The Morgan fingerprint density at radius 2 is 1.79 bits per heavy atom. The van der Waals surface area contributed by atoms with Crippen LogP contribution < -0.4 is 5.32 Å². The average Bonchev–Trinajstić information content (AvgIpc) is 2.32. The second-order valence-electron chi connectivity index (χ2n) is 3.83. The average molecular weight is 411 g/mol. The lowest BCUT2D eigenvalue weighted by Crippen LogP contribution is -2.03. The fourth-order valence-corrected chi connectivity index (χ4v) is 2.70. The molecule has 100 valence electrons. The topological polar surface area (TPSA) is 12.0 Å². The standard InChI is InChI=1S/C13H8Br2ClF2N/c14-10-2-1-8(16)3-7(10)6-19-13-11(15)4-9(17)5-12(13)18/h1-5,19H,6H2. The molecule has 0 aliphatic carbocycles. The van der Waals surface area contributed by atoms with E-state index in [-0.39, 0.29) is 5.69 Å². The van der Waals surface area contributed by atoms with E-state index in [9.17, 15) is 8.78 Å². The summed E-state index contributed by atoms with van der Waals surface area (Å²) in [4.78, 5) is 0. The molecular weight excluding hydrogens is 403 g/mol. The highest BCUT2D eigenvalue weighted by Gasteiger charge is 2.10. The van der Waals surface area contributed by atoms with Crippen molar-refractivity contribution in [1.82, 2.24) is 0 Å². The van der Waals surface area contributed by atoms with Crippen molar-refractivity contribution in [1.29, 1.82) is 0 Å². The van der Waals surface area contributed by atoms with E-state index in [1.165, 1.54) is 6.07 Å². The van der Waals surface area contributed by atoms with Crippen LogP contribution in [0.4, 0.5) is 14.5 Å². The van der Waals surface area contributed by atoms with Gasteiger partial charge in [-0.05, 0) is 45.8 Å². The Bertz CT molecular complexity index is 597. The molecule has 0 heterocycles. The molecule has 0 atom stereocenters. The zero-order valence-corrected chi connectivity index (χ0v) is 13.4. The smallest absolute Gasteiger partial charge is 0.150 e. The minimum Gasteiger partial charge on any atom is -0.378 e. The van der Waals surface area contributed by atoms with E-state index in [0.717, 1.165) is 16.1 Å². The van der Waals surface area contributed by atoms with Gasteiger partial charge in [0.1, 0.15) is 11.6 Å². The molecule has 2 rings (SSSR count). The normalized spacial score (nSPS) is 10.6. The number of rotatable bonds is 3. The Morgan fingerprint density at radius 1 is 1.05 bits per heavy atom. The Kier molecular flexibility index (Phi) is 4.81. The molecule has 0 unspecified atom stereocenters. The maximum absolute atomic E-state index is 13.6. The first-order chi connectivity index (χ1) is 8.97. The summed E-state index contributed by atoms with van der Waals surface area (Å²) in [5.74, 6) is -1.27. The van der Waals surface area contributed by atoms with E-state index in [0.29, 0.717) is 16.0 Å². The monoisotopic (exact) mass is 409 g/mol. The molecule has 0 aliphatic rings. The minimum absolute atomic E-state index is 0.216. The number of nitrogens with one attached hydrogen (secondary N) is 1. The predicted octanol–water partition coefficient (Wildman–Crippen LogP) is 5.76. The van der Waals surface area contributed by atoms with Crippen LogP contribution in [0.3, 0.4) is 0 Å². The SMILES string of the molecule is Fc1cc(F)c(NCc2cc(Cl)ccc2Br)c(Br)c1. The maximum Gasteiger partial charge on any atom is 0.150 e. The third kappa shape index (κ3) is 3.68. The first-order valence-electron chi connectivity index (χ1n) is 5.29. The summed E-state index contributed by atoms with van der Waals surface area (Å²) in [5, 5.41) is 3.51. The molecule has 0 aromatic heterocycles. The lowest BCUT2D eigenvalue weighted by Gasteiger charge is -2.11. The van der Waals surface area contributed by atoms with Gasteiger partial charge >= 0.3 is 0 Å². The van der Waals surface area contributed by atoms with Crippen molar-refractivity contribution in [2.75, 3.05) is 5.32 Å². The predicted molar refractivity (Wildman–Crippen MR) is 80.5 cm³/mol. The maximum atomic E-state index is 13.6. The number of hydrogen-bond acceptors (Lipinski definition) is 1. The molecule has 0 radical (unpaired) electrons. The summed E-state index contributed by atoms with van der Waals surface area (Å²) in [5.41, 5.74) is 1.09. The first-order valence-corrected chi connectivity index (χ1v) is 7.26. The summed E-state index contributed by atoms with van der Waals surface area (Å²) < 4.78 is 27.8. The van der Waals surface area contributed by atoms with E-state index in [4.69, 9.17) is 11.6 Å². The highest BCUT2D eigenvalue weighted by Crippen LogP contribution is 2.28. The zero-order chi connectivity index (χ0) is 14.0. The van der Waals surface area contributed by atoms with Crippen molar-refractivity contribution in [2.24, 2.45) is 0 Å². The highest BCUT2D eigenvalue weighted by atomic mass is 79.9. The Hall–Kier alpha value is -0.650. The molecule has 0 saturated carbocycles. The van der Waals surface area contributed by atoms with E-state index >= 15 is 0 Å². The van der Waals surface area contributed by atoms with Gasteiger partial charge in [0.2, 0.25) is 0 Å². The van der Waals surface area contributed by atoms with Crippen LogP contribution in [0, 0.1) is 11.6 Å². The van der Waals surface area contributed by atoms with E-state index in [2.05, 4.69) is 37.2 Å². The van der Waals surface area contributed by atoms with Crippen molar-refractivity contribution >= 4 is 49.1 Å². The summed E-state index contributed by atoms with van der Waals surface area (Å²) in [6.07, 6.45) is 0. The van der Waals surface area contributed by atoms with Crippen LogP contribution in [0.2, 0.25) is 5.02 Å². The van der Waals surface area contributed by atoms with Crippen LogP contribution in [0.15, 0.2) is 39.3 Å². The minimum atomic E-state index is -0.648. The molecule has 0 spiro atoms. The Balaban J connectivity index is 2.21. The molecule has 1 nitrogen and oxygen atoms in total. The van der Waals surface area contributed by atoms with Gasteiger partial charge in [-0.3, -0.25) is 0 Å². The lowest BCUT2D eigenvalue weighted by atomic mass is 10.2. The molecule has 0 bridgehead atoms. The van der Waals surface area contributed by atoms with Gasteiger partial charge in [-0.1, -0.05) is 27.5 Å². The van der Waals surface area contributed by atoms with Crippen LogP contribution in [-0.4, -0.2) is 0 Å². The van der Waals surface area contributed by atoms with Crippen LogP contribution in [0.5, 0.6) is 0 Å². The van der Waals surface area contributed by atoms with Gasteiger partial charge in [-0.25, -0.2) is 8.78 Å². The van der Waals surface area contributed by atoms with Gasteiger partial charge in [-0.2, -0.15) is 0 Å². The number of benzene rings is 2. The molecule has 0 amide bonds. The molecule has 2 aromatic carbocycles. The second kappa shape index (κ2) is 6.20. The fourth-order valence-electron chi connectivity index (χ4n) is 1.57. The molecule has 2 aromatic rings. The molecule has 19 heavy (non-hydrogen) atoms. The molecule has 6 heteroatoms. The van der Waals surface area contributed by atoms with Crippen molar-refractivity contribution in [2.45, 2.75) is 6.54 Å². The summed E-state index contributed by atoms with van der Waals surface area (Å²) >= 11 is 12.4. The number of hydrogen-bond donors (Lipinski definition) is 1. The Morgan fingerprint density at radius 3 is 2.47 bits per heavy atom. The van der Waals surface area contributed by atoms with Gasteiger partial charge in [0.15, 0.2) is 0 Å². The molecular formula is C13H8Br2ClF2N. The van der Waals surface area contributed by atoms with Crippen molar-refractivity contribution in [3.8, 4) is 0 Å². The molecule has 0 saturated heterocycles. The van der Waals surface area contributed by atoms with Gasteiger partial charge in [0, 0.05) is 26.6 Å². The zero-order valence-electron chi connectivity index (χ0n) is 9.48. The van der Waals surface area contributed by atoms with Crippen molar-refractivity contribution < 1.29 is 8.78 Å². The molecule has 1 N–H and O–H groups in total. The summed E-state index contributed by atoms with van der Waals surface area (Å²) in [6.45, 7) is 0.363. The summed E-state index contributed by atoms with van der Waals surface area (Å²) in [7, 11) is 0. The van der Waals surface area contributed by atoms with Crippen LogP contribution in [0.1, 0.15) is 5.56 Å². The molecule has 0 fully saturated rings. The van der Waals surface area contributed by atoms with Crippen LogP contribution in [0.25, 0.3) is 0 Å². The van der Waals surface area contributed by atoms with E-state index < -0.39 is 11.6 Å². The number of anilines is 1. The van der Waals surface area contributed by atoms with Gasteiger partial charge in [0.05, 0.1) is 5.69 Å². The molecule has 0 aliphatic heterocycles. The second-order valence-corrected chi connectivity index (χ2v) is 5.98.